The van der Waals surface area contributed by atoms with Crippen molar-refractivity contribution in [1.29, 1.82) is 0 Å². The van der Waals surface area contributed by atoms with Crippen LogP contribution < -0.4 is 0 Å². The van der Waals surface area contributed by atoms with Crippen molar-refractivity contribution >= 4 is 17.5 Å². The van der Waals surface area contributed by atoms with Gasteiger partial charge in [0.2, 0.25) is 11.6 Å². The summed E-state index contributed by atoms with van der Waals surface area (Å²) in [6.45, 7) is 1.15. The molecule has 0 saturated heterocycles. The number of esters is 1. The molecule has 0 radical (unpaired) electrons. The van der Waals surface area contributed by atoms with Gasteiger partial charge in [-0.1, -0.05) is 0 Å². The van der Waals surface area contributed by atoms with E-state index >= 15 is 0 Å². The molecule has 0 unspecified atom stereocenters. The van der Waals surface area contributed by atoms with Crippen molar-refractivity contribution in [2.75, 3.05) is 7.11 Å². The highest BCUT2D eigenvalue weighted by atomic mass is 16.5. The first-order valence-corrected chi connectivity index (χ1v) is 3.79. The minimum Gasteiger partial charge on any atom is -0.493 e. The van der Waals surface area contributed by atoms with Gasteiger partial charge in [-0.2, -0.15) is 0 Å². The summed E-state index contributed by atoms with van der Waals surface area (Å²) in [5, 5.41) is 0. The number of ether oxygens (including phenoxy) is 2. The lowest BCUT2D eigenvalue weighted by Gasteiger charge is -2.09. The van der Waals surface area contributed by atoms with Gasteiger partial charge in [-0.3, -0.25) is 14.4 Å². The highest BCUT2D eigenvalue weighted by molar-refractivity contribution is 6.18. The second-order valence-corrected chi connectivity index (χ2v) is 2.54. The van der Waals surface area contributed by atoms with Gasteiger partial charge in [0.25, 0.3) is 0 Å². The Hall–Kier alpha value is -1.91. The van der Waals surface area contributed by atoms with Gasteiger partial charge in [0, 0.05) is 19.1 Å². The molecule has 0 amide bonds. The fraction of sp³-hybridized carbons (Fsp3) is 0.222. The van der Waals surface area contributed by atoms with Crippen molar-refractivity contribution in [3.8, 4) is 0 Å². The summed E-state index contributed by atoms with van der Waals surface area (Å²) in [5.74, 6) is -2.04. The van der Waals surface area contributed by atoms with Crippen LogP contribution in [0.1, 0.15) is 6.92 Å². The van der Waals surface area contributed by atoms with E-state index in [-0.39, 0.29) is 11.5 Å². The van der Waals surface area contributed by atoms with Gasteiger partial charge in [-0.05, 0) is 0 Å². The average Bonchev–Trinajstić information content (AvgIpc) is 2.10. The molecule has 0 N–H and O–H groups in total. The first kappa shape index (κ1) is 10.2. The lowest BCUT2D eigenvalue weighted by atomic mass is 10.1. The van der Waals surface area contributed by atoms with E-state index in [1.165, 1.54) is 7.11 Å². The van der Waals surface area contributed by atoms with Crippen LogP contribution in [0.15, 0.2) is 23.7 Å². The number of carbonyl (C=O) groups excluding carboxylic acids is 3. The number of methoxy groups -OCH3 is 1. The average molecular weight is 196 g/mol. The van der Waals surface area contributed by atoms with Crippen molar-refractivity contribution in [1.82, 2.24) is 0 Å². The summed E-state index contributed by atoms with van der Waals surface area (Å²) in [7, 11) is 1.28. The van der Waals surface area contributed by atoms with Crippen LogP contribution >= 0.6 is 0 Å². The van der Waals surface area contributed by atoms with Crippen LogP contribution in [0.25, 0.3) is 0 Å². The summed E-state index contributed by atoms with van der Waals surface area (Å²) in [4.78, 5) is 32.9. The predicted octanol–water partition coefficient (Wildman–Crippen LogP) is 0.115. The lowest BCUT2D eigenvalue weighted by Crippen LogP contribution is -2.17. The second kappa shape index (κ2) is 3.87. The van der Waals surface area contributed by atoms with Crippen molar-refractivity contribution in [2.45, 2.75) is 6.92 Å². The van der Waals surface area contributed by atoms with E-state index in [9.17, 15) is 14.4 Å². The summed E-state index contributed by atoms with van der Waals surface area (Å²) in [6, 6.07) is 0. The van der Waals surface area contributed by atoms with Crippen molar-refractivity contribution < 1.29 is 23.9 Å². The zero-order valence-corrected chi connectivity index (χ0v) is 7.70. The molecule has 0 aromatic rings. The summed E-state index contributed by atoms with van der Waals surface area (Å²) < 4.78 is 9.15. The Morgan fingerprint density at radius 3 is 2.14 bits per heavy atom. The van der Waals surface area contributed by atoms with Gasteiger partial charge in [-0.25, -0.2) is 0 Å². The standard InChI is InChI=1S/C9H8O5/c1-5(10)14-9-4-6(11)8(13-2)3-7(9)12/h3-4H,1-2H3. The molecule has 0 aromatic carbocycles. The van der Waals surface area contributed by atoms with E-state index in [0.717, 1.165) is 19.1 Å². The number of carbonyl (C=O) groups is 3. The zero-order chi connectivity index (χ0) is 10.7. The van der Waals surface area contributed by atoms with Crippen LogP contribution in [-0.2, 0) is 23.9 Å². The molecule has 5 nitrogen and oxygen atoms in total. The van der Waals surface area contributed by atoms with E-state index < -0.39 is 17.5 Å². The van der Waals surface area contributed by atoms with E-state index in [4.69, 9.17) is 0 Å². The molecule has 0 heterocycles. The van der Waals surface area contributed by atoms with Gasteiger partial charge in [-0.15, -0.1) is 0 Å². The van der Waals surface area contributed by atoms with Crippen LogP contribution in [0, 0.1) is 0 Å². The van der Waals surface area contributed by atoms with Crippen molar-refractivity contribution in [2.24, 2.45) is 0 Å². The van der Waals surface area contributed by atoms with Gasteiger partial charge in [0.1, 0.15) is 0 Å². The van der Waals surface area contributed by atoms with Crippen molar-refractivity contribution in [3.05, 3.63) is 23.7 Å². The molecule has 1 rings (SSSR count). The lowest BCUT2D eigenvalue weighted by molar-refractivity contribution is -0.139. The molecule has 0 bridgehead atoms. The Labute approximate surface area is 80.0 Å². The Bertz CT molecular complexity index is 361. The maximum absolute atomic E-state index is 11.2. The minimum atomic E-state index is -0.647. The first-order chi connectivity index (χ1) is 6.54. The summed E-state index contributed by atoms with van der Waals surface area (Å²) in [5.41, 5.74) is 0. The number of hydrogen-bond acceptors (Lipinski definition) is 5. The predicted molar refractivity (Wildman–Crippen MR) is 45.0 cm³/mol. The number of ketones is 2. The molecule has 5 heteroatoms. The molecule has 1 aliphatic rings. The third-order valence-corrected chi connectivity index (χ3v) is 1.48. The van der Waals surface area contributed by atoms with E-state index in [2.05, 4.69) is 9.47 Å². The second-order valence-electron chi connectivity index (χ2n) is 2.54. The maximum atomic E-state index is 11.2. The fourth-order valence-electron chi connectivity index (χ4n) is 0.917. The molecule has 0 saturated carbocycles. The van der Waals surface area contributed by atoms with E-state index in [1.54, 1.807) is 0 Å². The highest BCUT2D eigenvalue weighted by Crippen LogP contribution is 2.13. The summed E-state index contributed by atoms with van der Waals surface area (Å²) >= 11 is 0. The molecule has 0 spiro atoms. The van der Waals surface area contributed by atoms with E-state index in [0.29, 0.717) is 0 Å². The van der Waals surface area contributed by atoms with Crippen LogP contribution in [-0.4, -0.2) is 24.6 Å². The molecule has 14 heavy (non-hydrogen) atoms. The number of hydrogen-bond donors (Lipinski definition) is 0. The largest absolute Gasteiger partial charge is 0.493 e. The molecule has 74 valence electrons. The first-order valence-electron chi connectivity index (χ1n) is 3.79. The Morgan fingerprint density at radius 1 is 1.14 bits per heavy atom. The Balaban J connectivity index is 2.89. The molecule has 0 atom stereocenters. The minimum absolute atomic E-state index is 0.0640. The Kier molecular flexibility index (Phi) is 2.81. The molecule has 0 aliphatic heterocycles. The number of rotatable bonds is 2. The maximum Gasteiger partial charge on any atom is 0.308 e. The zero-order valence-electron chi connectivity index (χ0n) is 7.70. The van der Waals surface area contributed by atoms with Gasteiger partial charge >= 0.3 is 5.97 Å². The molecule has 0 aromatic heterocycles. The van der Waals surface area contributed by atoms with Crippen LogP contribution in [0.3, 0.4) is 0 Å². The summed E-state index contributed by atoms with van der Waals surface area (Å²) in [6.07, 6.45) is 1.92. The smallest absolute Gasteiger partial charge is 0.308 e. The monoisotopic (exact) mass is 196 g/mol. The molecular weight excluding hydrogens is 188 g/mol. The normalized spacial score (nSPS) is 15.9. The third kappa shape index (κ3) is 2.07. The highest BCUT2D eigenvalue weighted by Gasteiger charge is 2.22. The van der Waals surface area contributed by atoms with Crippen LogP contribution in [0.5, 0.6) is 0 Å². The Morgan fingerprint density at radius 2 is 1.64 bits per heavy atom. The van der Waals surface area contributed by atoms with Gasteiger partial charge in [0.15, 0.2) is 11.5 Å². The third-order valence-electron chi connectivity index (χ3n) is 1.48. The van der Waals surface area contributed by atoms with Gasteiger partial charge < -0.3 is 9.47 Å². The van der Waals surface area contributed by atoms with Gasteiger partial charge in [0.05, 0.1) is 7.11 Å². The fourth-order valence-corrected chi connectivity index (χ4v) is 0.917. The van der Waals surface area contributed by atoms with Crippen LogP contribution in [0.2, 0.25) is 0 Å². The molecule has 1 aliphatic carbocycles. The number of allylic oxidation sites excluding steroid dienone is 2. The molecule has 0 fully saturated rings. The van der Waals surface area contributed by atoms with Crippen molar-refractivity contribution in [3.63, 3.8) is 0 Å². The topological polar surface area (TPSA) is 69.7 Å². The SMILES string of the molecule is COC1=CC(=O)C(OC(C)=O)=CC1=O. The quantitative estimate of drug-likeness (QED) is 0.463. The van der Waals surface area contributed by atoms with E-state index in [1.807, 2.05) is 0 Å². The van der Waals surface area contributed by atoms with Crippen LogP contribution in [0.4, 0.5) is 0 Å². The molecular formula is C9H8O5.